The van der Waals surface area contributed by atoms with E-state index < -0.39 is 0 Å². The minimum Gasteiger partial charge on any atom is -0.281 e. The third kappa shape index (κ3) is 2.70. The van der Waals surface area contributed by atoms with Crippen LogP contribution < -0.4 is 0 Å². The first kappa shape index (κ1) is 15.5. The van der Waals surface area contributed by atoms with Gasteiger partial charge in [-0.05, 0) is 11.1 Å². The second kappa shape index (κ2) is 5.81. The molecule has 124 valence electrons. The number of rotatable bonds is 2. The van der Waals surface area contributed by atoms with Crippen LogP contribution in [0, 0.1) is 0 Å². The highest BCUT2D eigenvalue weighted by Crippen LogP contribution is 2.36. The largest absolute Gasteiger partial charge is 0.281 e. The van der Waals surface area contributed by atoms with Crippen LogP contribution in [0.5, 0.6) is 0 Å². The van der Waals surface area contributed by atoms with E-state index in [-0.39, 0.29) is 5.41 Å². The van der Waals surface area contributed by atoms with Crippen molar-refractivity contribution >= 4 is 11.9 Å². The zero-order valence-corrected chi connectivity index (χ0v) is 14.6. The van der Waals surface area contributed by atoms with Crippen molar-refractivity contribution in [2.75, 3.05) is 0 Å². The van der Waals surface area contributed by atoms with Gasteiger partial charge in [0.05, 0.1) is 12.4 Å². The van der Waals surface area contributed by atoms with Crippen molar-refractivity contribution in [1.29, 1.82) is 0 Å². The van der Waals surface area contributed by atoms with Crippen LogP contribution in [-0.2, 0) is 5.41 Å². The van der Waals surface area contributed by atoms with Gasteiger partial charge in [0.1, 0.15) is 5.71 Å². The fourth-order valence-electron chi connectivity index (χ4n) is 3.24. The molecule has 1 N–H and O–H groups in total. The molecule has 2 aromatic carbocycles. The van der Waals surface area contributed by atoms with Gasteiger partial charge in [0.15, 0.2) is 0 Å². The summed E-state index contributed by atoms with van der Waals surface area (Å²) in [6.45, 7) is 6.44. The molecule has 0 radical (unpaired) electrons. The van der Waals surface area contributed by atoms with E-state index in [1.807, 2.05) is 12.1 Å². The standard InChI is InChI=1S/C21H20N4/c1-21(2,3)20-14(13-23-25-20)12-22-24-19-17-10-6-4-8-15(17)16-9-5-7-11-18(16)19/h4-13H,1-3H3,(H,23,25). The van der Waals surface area contributed by atoms with E-state index in [0.717, 1.165) is 28.1 Å². The van der Waals surface area contributed by atoms with Crippen LogP contribution in [0.3, 0.4) is 0 Å². The third-order valence-corrected chi connectivity index (χ3v) is 4.43. The summed E-state index contributed by atoms with van der Waals surface area (Å²) in [5, 5.41) is 16.1. The molecule has 4 nitrogen and oxygen atoms in total. The third-order valence-electron chi connectivity index (χ3n) is 4.43. The molecule has 1 aromatic heterocycles. The number of aromatic nitrogens is 2. The van der Waals surface area contributed by atoms with E-state index >= 15 is 0 Å². The predicted octanol–water partition coefficient (Wildman–Crippen LogP) is 4.56. The first-order chi connectivity index (χ1) is 12.1. The highest BCUT2D eigenvalue weighted by Gasteiger charge is 2.24. The van der Waals surface area contributed by atoms with Crippen LogP contribution in [0.25, 0.3) is 11.1 Å². The number of nitrogens with one attached hydrogen (secondary N) is 1. The van der Waals surface area contributed by atoms with Crippen LogP contribution in [-0.4, -0.2) is 22.1 Å². The first-order valence-corrected chi connectivity index (χ1v) is 8.40. The summed E-state index contributed by atoms with van der Waals surface area (Å²) in [6.07, 6.45) is 3.57. The SMILES string of the molecule is CC(C)(C)c1[nH]ncc1C=NN=C1c2ccccc2-c2ccccc21. The van der Waals surface area contributed by atoms with Gasteiger partial charge in [-0.3, -0.25) is 5.10 Å². The molecule has 0 unspecified atom stereocenters. The lowest BCUT2D eigenvalue weighted by Gasteiger charge is -2.16. The summed E-state index contributed by atoms with van der Waals surface area (Å²) < 4.78 is 0. The molecule has 1 heterocycles. The molecule has 0 fully saturated rings. The van der Waals surface area contributed by atoms with E-state index in [0.29, 0.717) is 0 Å². The number of benzene rings is 2. The first-order valence-electron chi connectivity index (χ1n) is 8.40. The van der Waals surface area contributed by atoms with Crippen LogP contribution in [0.15, 0.2) is 64.9 Å². The molecule has 4 heteroatoms. The fraction of sp³-hybridized carbons (Fsp3) is 0.190. The Morgan fingerprint density at radius 3 is 2.00 bits per heavy atom. The Morgan fingerprint density at radius 2 is 1.44 bits per heavy atom. The lowest BCUT2D eigenvalue weighted by molar-refractivity contribution is 0.566. The van der Waals surface area contributed by atoms with Crippen molar-refractivity contribution in [2.24, 2.45) is 10.2 Å². The van der Waals surface area contributed by atoms with Gasteiger partial charge in [0.2, 0.25) is 0 Å². The van der Waals surface area contributed by atoms with E-state index in [4.69, 9.17) is 0 Å². The van der Waals surface area contributed by atoms with Gasteiger partial charge in [-0.15, -0.1) is 5.10 Å². The Hall–Kier alpha value is -3.01. The number of nitrogens with zero attached hydrogens (tertiary/aromatic N) is 3. The lowest BCUT2D eigenvalue weighted by atomic mass is 9.90. The molecule has 1 aliphatic carbocycles. The fourth-order valence-corrected chi connectivity index (χ4v) is 3.24. The quantitative estimate of drug-likeness (QED) is 0.426. The summed E-state index contributed by atoms with van der Waals surface area (Å²) in [7, 11) is 0. The van der Waals surface area contributed by atoms with Crippen molar-refractivity contribution in [2.45, 2.75) is 26.2 Å². The zero-order chi connectivity index (χ0) is 17.4. The number of H-pyrrole nitrogens is 1. The Balaban J connectivity index is 1.75. The molecule has 3 aromatic rings. The predicted molar refractivity (Wildman–Crippen MR) is 102 cm³/mol. The molecule has 0 saturated carbocycles. The average molecular weight is 328 g/mol. The summed E-state index contributed by atoms with van der Waals surface area (Å²) in [5.74, 6) is 0. The second-order valence-electron chi connectivity index (χ2n) is 7.23. The number of aromatic amines is 1. The van der Waals surface area contributed by atoms with Gasteiger partial charge in [-0.25, -0.2) is 0 Å². The minimum absolute atomic E-state index is 0.0163. The smallest absolute Gasteiger partial charge is 0.101 e. The molecule has 1 aliphatic rings. The highest BCUT2D eigenvalue weighted by atomic mass is 15.2. The van der Waals surface area contributed by atoms with Crippen LogP contribution in [0.1, 0.15) is 43.2 Å². The zero-order valence-electron chi connectivity index (χ0n) is 14.6. The summed E-state index contributed by atoms with van der Waals surface area (Å²) in [5.41, 5.74) is 7.62. The lowest BCUT2D eigenvalue weighted by Crippen LogP contribution is -2.14. The monoisotopic (exact) mass is 328 g/mol. The average Bonchev–Trinajstić information content (AvgIpc) is 3.19. The Bertz CT molecular complexity index is 939. The van der Waals surface area contributed by atoms with Crippen molar-refractivity contribution in [3.8, 4) is 11.1 Å². The van der Waals surface area contributed by atoms with E-state index in [9.17, 15) is 0 Å². The van der Waals surface area contributed by atoms with E-state index in [2.05, 4.69) is 77.6 Å². The number of fused-ring (bicyclic) bond motifs is 3. The molecule has 0 bridgehead atoms. The molecule has 0 aliphatic heterocycles. The van der Waals surface area contributed by atoms with Gasteiger partial charge in [0.25, 0.3) is 0 Å². The molecular formula is C21H20N4. The van der Waals surface area contributed by atoms with Crippen LogP contribution >= 0.6 is 0 Å². The molecule has 0 spiro atoms. The van der Waals surface area contributed by atoms with Gasteiger partial charge < -0.3 is 0 Å². The normalized spacial score (nSPS) is 13.2. The second-order valence-corrected chi connectivity index (χ2v) is 7.23. The molecular weight excluding hydrogens is 308 g/mol. The maximum Gasteiger partial charge on any atom is 0.101 e. The summed E-state index contributed by atoms with van der Waals surface area (Å²) in [4.78, 5) is 0. The topological polar surface area (TPSA) is 53.4 Å². The number of hydrogen-bond donors (Lipinski definition) is 1. The highest BCUT2D eigenvalue weighted by molar-refractivity contribution is 6.24. The molecule has 0 amide bonds. The van der Waals surface area contributed by atoms with Crippen molar-refractivity contribution < 1.29 is 0 Å². The van der Waals surface area contributed by atoms with Gasteiger partial charge in [-0.2, -0.15) is 10.2 Å². The van der Waals surface area contributed by atoms with Crippen molar-refractivity contribution in [1.82, 2.24) is 10.2 Å². The van der Waals surface area contributed by atoms with Gasteiger partial charge in [-0.1, -0.05) is 69.3 Å². The van der Waals surface area contributed by atoms with Crippen LogP contribution in [0.2, 0.25) is 0 Å². The Kier molecular flexibility index (Phi) is 3.61. The maximum atomic E-state index is 4.55. The number of hydrogen-bond acceptors (Lipinski definition) is 3. The minimum atomic E-state index is -0.0163. The van der Waals surface area contributed by atoms with Gasteiger partial charge >= 0.3 is 0 Å². The molecule has 0 atom stereocenters. The van der Waals surface area contributed by atoms with E-state index in [1.54, 1.807) is 12.4 Å². The Morgan fingerprint density at radius 1 is 0.880 bits per heavy atom. The van der Waals surface area contributed by atoms with E-state index in [1.165, 1.54) is 11.1 Å². The Labute approximate surface area is 147 Å². The summed E-state index contributed by atoms with van der Waals surface area (Å²) in [6, 6.07) is 16.7. The molecule has 4 rings (SSSR count). The maximum absolute atomic E-state index is 4.55. The molecule has 25 heavy (non-hydrogen) atoms. The molecule has 0 saturated heterocycles. The van der Waals surface area contributed by atoms with Crippen LogP contribution in [0.4, 0.5) is 0 Å². The summed E-state index contributed by atoms with van der Waals surface area (Å²) >= 11 is 0. The van der Waals surface area contributed by atoms with Crippen molar-refractivity contribution in [3.05, 3.63) is 77.1 Å². The van der Waals surface area contributed by atoms with Crippen molar-refractivity contribution in [3.63, 3.8) is 0 Å². The van der Waals surface area contributed by atoms with Gasteiger partial charge in [0, 0.05) is 27.8 Å².